The Balaban J connectivity index is 1.11. The van der Waals surface area contributed by atoms with E-state index in [1.807, 2.05) is 0 Å². The van der Waals surface area contributed by atoms with Gasteiger partial charge in [-0.15, -0.1) is 13.2 Å². The first-order chi connectivity index (χ1) is 17.7. The maximum Gasteiger partial charge on any atom is 0.573 e. The normalized spacial score (nSPS) is 19.0. The Labute approximate surface area is 221 Å². The van der Waals surface area contributed by atoms with E-state index < -0.39 is 18.1 Å². The Morgan fingerprint density at radius 2 is 1.73 bits per heavy atom. The van der Waals surface area contributed by atoms with E-state index in [4.69, 9.17) is 4.74 Å². The number of nitrogens with one attached hydrogen (secondary N) is 1. The molecule has 1 amide bonds. The second-order valence-electron chi connectivity index (χ2n) is 9.69. The summed E-state index contributed by atoms with van der Waals surface area (Å²) in [7, 11) is 0. The van der Waals surface area contributed by atoms with Gasteiger partial charge in [-0.2, -0.15) is 0 Å². The maximum atomic E-state index is 14.8. The van der Waals surface area contributed by atoms with Crippen molar-refractivity contribution in [1.29, 1.82) is 0 Å². The number of rotatable bonds is 10. The van der Waals surface area contributed by atoms with Crippen LogP contribution in [0.25, 0.3) is 0 Å². The van der Waals surface area contributed by atoms with Crippen molar-refractivity contribution in [2.45, 2.75) is 61.0 Å². The van der Waals surface area contributed by atoms with Crippen LogP contribution in [0.5, 0.6) is 11.5 Å². The van der Waals surface area contributed by atoms with Crippen molar-refractivity contribution in [3.8, 4) is 11.5 Å². The van der Waals surface area contributed by atoms with Crippen molar-refractivity contribution >= 4 is 29.8 Å². The Bertz CT molecular complexity index is 1100. The molecule has 0 unspecified atom stereocenters. The largest absolute Gasteiger partial charge is 0.573 e. The molecule has 2 aromatic rings. The molecule has 2 aliphatic carbocycles. The van der Waals surface area contributed by atoms with Crippen LogP contribution in [0.1, 0.15) is 60.4 Å². The molecule has 3 aliphatic rings. The standard InChI is InChI=1S/C26H28F4N2O3S2/c27-23-14-24(21(17-1-2-17)13-22(23)25(33)31-36-19-7-8-19)34-15-16-9-11-32(12-10-16)37-20-5-3-18(4-6-20)35-26(28,29)30/h3-6,13-14,16-17,19H,1-2,7-12,15H2,(H,31,33). The minimum Gasteiger partial charge on any atom is -0.493 e. The summed E-state index contributed by atoms with van der Waals surface area (Å²) in [4.78, 5) is 13.3. The van der Waals surface area contributed by atoms with Crippen molar-refractivity contribution in [3.63, 3.8) is 0 Å². The van der Waals surface area contributed by atoms with Gasteiger partial charge >= 0.3 is 6.36 Å². The lowest BCUT2D eigenvalue weighted by Gasteiger charge is -2.31. The molecule has 5 rings (SSSR count). The molecule has 2 saturated carbocycles. The van der Waals surface area contributed by atoms with Crippen LogP contribution in [-0.4, -0.2) is 41.5 Å². The van der Waals surface area contributed by atoms with Crippen molar-refractivity contribution < 1.29 is 31.8 Å². The average Bonchev–Trinajstić information content (AvgIpc) is 3.77. The van der Waals surface area contributed by atoms with Crippen molar-refractivity contribution in [1.82, 2.24) is 9.03 Å². The highest BCUT2D eigenvalue weighted by atomic mass is 32.2. The van der Waals surface area contributed by atoms with E-state index in [1.54, 1.807) is 18.2 Å². The third-order valence-electron chi connectivity index (χ3n) is 6.54. The predicted octanol–water partition coefficient (Wildman–Crippen LogP) is 6.94. The van der Waals surface area contributed by atoms with Crippen LogP contribution in [0.3, 0.4) is 0 Å². The topological polar surface area (TPSA) is 50.8 Å². The van der Waals surface area contributed by atoms with Crippen LogP contribution in [0.15, 0.2) is 41.3 Å². The Morgan fingerprint density at radius 3 is 2.35 bits per heavy atom. The van der Waals surface area contributed by atoms with E-state index in [-0.39, 0.29) is 11.3 Å². The molecule has 0 bridgehead atoms. The molecular weight excluding hydrogens is 528 g/mol. The number of ether oxygens (including phenoxy) is 2. The first kappa shape index (κ1) is 26.5. The molecule has 11 heteroatoms. The third kappa shape index (κ3) is 7.70. The van der Waals surface area contributed by atoms with E-state index >= 15 is 0 Å². The molecular formula is C26H28F4N2O3S2. The Morgan fingerprint density at radius 1 is 1.03 bits per heavy atom. The van der Waals surface area contributed by atoms with Gasteiger partial charge in [0, 0.05) is 29.3 Å². The highest BCUT2D eigenvalue weighted by molar-refractivity contribution is 7.98. The summed E-state index contributed by atoms with van der Waals surface area (Å²) in [5.74, 6) is -0.0388. The zero-order valence-electron chi connectivity index (χ0n) is 20.1. The highest BCUT2D eigenvalue weighted by Crippen LogP contribution is 2.45. The third-order valence-corrected chi connectivity index (χ3v) is 8.76. The zero-order chi connectivity index (χ0) is 26.0. The number of hydrogen-bond donors (Lipinski definition) is 1. The lowest BCUT2D eigenvalue weighted by molar-refractivity contribution is -0.274. The molecule has 1 heterocycles. The van der Waals surface area contributed by atoms with E-state index in [0.717, 1.165) is 62.1 Å². The van der Waals surface area contributed by atoms with Crippen LogP contribution in [0.4, 0.5) is 17.6 Å². The number of alkyl halides is 3. The van der Waals surface area contributed by atoms with Crippen molar-refractivity contribution in [2.24, 2.45) is 5.92 Å². The number of amides is 1. The van der Waals surface area contributed by atoms with Crippen LogP contribution in [0.2, 0.25) is 0 Å². The zero-order valence-corrected chi connectivity index (χ0v) is 21.7. The SMILES string of the molecule is O=C(NSC1CC1)c1cc(C2CC2)c(OCC2CCN(Sc3ccc(OC(F)(F)F)cc3)CC2)cc1F. The molecule has 1 saturated heterocycles. The molecule has 5 nitrogen and oxygen atoms in total. The fourth-order valence-corrected chi connectivity index (χ4v) is 5.89. The number of carbonyl (C=O) groups excluding carboxylic acids is 1. The number of benzene rings is 2. The van der Waals surface area contributed by atoms with Crippen LogP contribution >= 0.6 is 23.9 Å². The first-order valence-corrected chi connectivity index (χ1v) is 14.1. The van der Waals surface area contributed by atoms with Gasteiger partial charge in [0.15, 0.2) is 0 Å². The van der Waals surface area contributed by atoms with Crippen molar-refractivity contribution in [2.75, 3.05) is 19.7 Å². The molecule has 1 N–H and O–H groups in total. The number of piperidine rings is 1. The first-order valence-electron chi connectivity index (χ1n) is 12.4. The summed E-state index contributed by atoms with van der Waals surface area (Å²) in [5.41, 5.74) is 0.986. The van der Waals surface area contributed by atoms with Crippen molar-refractivity contribution in [3.05, 3.63) is 53.3 Å². The molecule has 0 spiro atoms. The van der Waals surface area contributed by atoms with Gasteiger partial charge in [0.05, 0.1) is 12.2 Å². The molecule has 200 valence electrons. The summed E-state index contributed by atoms with van der Waals surface area (Å²) in [6, 6.07) is 8.88. The van der Waals surface area contributed by atoms with Gasteiger partial charge in [-0.3, -0.25) is 9.52 Å². The fourth-order valence-electron chi connectivity index (χ4n) is 4.19. The number of hydrogen-bond acceptors (Lipinski definition) is 6. The highest BCUT2D eigenvalue weighted by Gasteiger charge is 2.32. The summed E-state index contributed by atoms with van der Waals surface area (Å²) in [6.07, 6.45) is 1.27. The molecule has 0 atom stereocenters. The minimum atomic E-state index is -4.70. The summed E-state index contributed by atoms with van der Waals surface area (Å²) < 4.78 is 66.8. The quantitative estimate of drug-likeness (QED) is 0.253. The fraction of sp³-hybridized carbons (Fsp3) is 0.500. The Kier molecular flexibility index (Phi) is 8.11. The van der Waals surface area contributed by atoms with Gasteiger partial charge < -0.3 is 9.47 Å². The number of carbonyl (C=O) groups is 1. The van der Waals surface area contributed by atoms with Gasteiger partial charge in [-0.1, -0.05) is 0 Å². The van der Waals surface area contributed by atoms with Crippen LogP contribution in [0, 0.1) is 11.7 Å². The smallest absolute Gasteiger partial charge is 0.493 e. The number of halogens is 4. The predicted molar refractivity (Wildman–Crippen MR) is 135 cm³/mol. The lowest BCUT2D eigenvalue weighted by Crippen LogP contribution is -2.31. The summed E-state index contributed by atoms with van der Waals surface area (Å²) in [6.45, 7) is 2.09. The Hall–Kier alpha value is -2.11. The summed E-state index contributed by atoms with van der Waals surface area (Å²) in [5, 5.41) is 0.445. The second-order valence-corrected chi connectivity index (χ2v) is 12.0. The van der Waals surface area contributed by atoms with Gasteiger partial charge in [0.25, 0.3) is 5.91 Å². The molecule has 0 aromatic heterocycles. The van der Waals surface area contributed by atoms with E-state index in [1.165, 1.54) is 42.1 Å². The molecule has 3 fully saturated rings. The van der Waals surface area contributed by atoms with Gasteiger partial charge in [-0.05, 0) is 110 Å². The van der Waals surface area contributed by atoms with E-state index in [2.05, 4.69) is 13.8 Å². The number of nitrogens with zero attached hydrogens (tertiary/aromatic N) is 1. The summed E-state index contributed by atoms with van der Waals surface area (Å²) >= 11 is 2.88. The molecule has 1 aliphatic heterocycles. The van der Waals surface area contributed by atoms with E-state index in [9.17, 15) is 22.4 Å². The second kappa shape index (κ2) is 11.3. The lowest BCUT2D eigenvalue weighted by atomic mass is 9.99. The van der Waals surface area contributed by atoms with E-state index in [0.29, 0.717) is 29.4 Å². The molecule has 37 heavy (non-hydrogen) atoms. The van der Waals surface area contributed by atoms with Gasteiger partial charge in [0.1, 0.15) is 17.3 Å². The van der Waals surface area contributed by atoms with Crippen LogP contribution < -0.4 is 14.2 Å². The molecule has 2 aromatic carbocycles. The van der Waals surface area contributed by atoms with Crippen LogP contribution in [-0.2, 0) is 0 Å². The monoisotopic (exact) mass is 556 g/mol. The minimum absolute atomic E-state index is 0.0748. The maximum absolute atomic E-state index is 14.8. The van der Waals surface area contributed by atoms with Gasteiger partial charge in [0.2, 0.25) is 0 Å². The molecule has 0 radical (unpaired) electrons. The van der Waals surface area contributed by atoms with Gasteiger partial charge in [-0.25, -0.2) is 8.70 Å². The average molecular weight is 557 g/mol.